The third-order valence-corrected chi connectivity index (χ3v) is 4.16. The van der Waals surface area contributed by atoms with Crippen molar-refractivity contribution in [2.45, 2.75) is 19.9 Å². The quantitative estimate of drug-likeness (QED) is 0.891. The molecule has 1 aromatic heterocycles. The van der Waals surface area contributed by atoms with E-state index in [0.29, 0.717) is 18.9 Å². The van der Waals surface area contributed by atoms with Gasteiger partial charge >= 0.3 is 0 Å². The van der Waals surface area contributed by atoms with Gasteiger partial charge in [-0.3, -0.25) is 9.59 Å². The monoisotopic (exact) mass is 340 g/mol. The second-order valence-corrected chi connectivity index (χ2v) is 5.92. The maximum Gasteiger partial charge on any atom is 0.227 e. The molecule has 130 valence electrons. The summed E-state index contributed by atoms with van der Waals surface area (Å²) in [5.41, 5.74) is 1.52. The number of benzene rings is 1. The van der Waals surface area contributed by atoms with Gasteiger partial charge in [0.05, 0.1) is 25.3 Å². The van der Waals surface area contributed by atoms with E-state index in [1.807, 2.05) is 12.1 Å². The molecule has 0 radical (unpaired) electrons. The molecular weight excluding hydrogens is 320 g/mol. The summed E-state index contributed by atoms with van der Waals surface area (Å²) in [5.74, 6) is 0.833. The second-order valence-electron chi connectivity index (χ2n) is 5.92. The molecule has 1 aromatic carbocycles. The minimum atomic E-state index is -0.363. The van der Waals surface area contributed by atoms with Crippen molar-refractivity contribution in [1.82, 2.24) is 15.3 Å². The Balaban J connectivity index is 1.60. The molecule has 0 aliphatic carbocycles. The van der Waals surface area contributed by atoms with Crippen molar-refractivity contribution in [3.63, 3.8) is 0 Å². The molecule has 0 unspecified atom stereocenters. The molecule has 7 nitrogen and oxygen atoms in total. The van der Waals surface area contributed by atoms with E-state index in [9.17, 15) is 9.59 Å². The summed E-state index contributed by atoms with van der Waals surface area (Å²) >= 11 is 0. The van der Waals surface area contributed by atoms with E-state index < -0.39 is 0 Å². The Hall–Kier alpha value is -2.96. The maximum absolute atomic E-state index is 12.4. The van der Waals surface area contributed by atoms with Gasteiger partial charge in [-0.15, -0.1) is 0 Å². The fraction of sp³-hybridized carbons (Fsp3) is 0.333. The van der Waals surface area contributed by atoms with E-state index in [1.54, 1.807) is 43.3 Å². The number of amides is 2. The Morgan fingerprint density at radius 3 is 2.76 bits per heavy atom. The van der Waals surface area contributed by atoms with Crippen LogP contribution in [0.15, 0.2) is 36.5 Å². The fourth-order valence-corrected chi connectivity index (χ4v) is 2.82. The molecule has 1 N–H and O–H groups in total. The molecule has 1 saturated heterocycles. The van der Waals surface area contributed by atoms with Gasteiger partial charge in [-0.25, -0.2) is 9.97 Å². The Morgan fingerprint density at radius 1 is 1.32 bits per heavy atom. The predicted molar refractivity (Wildman–Crippen MR) is 92.1 cm³/mol. The minimum Gasteiger partial charge on any atom is -0.497 e. The minimum absolute atomic E-state index is 0.0526. The van der Waals surface area contributed by atoms with Gasteiger partial charge in [0.2, 0.25) is 11.8 Å². The number of carbonyl (C=O) groups is 2. The first-order chi connectivity index (χ1) is 12.1. The standard InChI is InChI=1S/C18H20N4O3/c1-12-19-8-7-14(21-12)10-20-18(24)13-9-17(23)22(11-13)15-3-5-16(25-2)6-4-15/h3-8,13H,9-11H2,1-2H3,(H,20,24)/t13-/m1/s1. The summed E-state index contributed by atoms with van der Waals surface area (Å²) in [5, 5.41) is 2.85. The van der Waals surface area contributed by atoms with Crippen molar-refractivity contribution < 1.29 is 14.3 Å². The van der Waals surface area contributed by atoms with Crippen LogP contribution < -0.4 is 15.0 Å². The van der Waals surface area contributed by atoms with Gasteiger partial charge in [0.25, 0.3) is 0 Å². The van der Waals surface area contributed by atoms with E-state index in [4.69, 9.17) is 4.74 Å². The third-order valence-electron chi connectivity index (χ3n) is 4.16. The first-order valence-corrected chi connectivity index (χ1v) is 8.07. The summed E-state index contributed by atoms with van der Waals surface area (Å²) in [4.78, 5) is 34.5. The summed E-state index contributed by atoms with van der Waals surface area (Å²) < 4.78 is 5.12. The van der Waals surface area contributed by atoms with E-state index >= 15 is 0 Å². The van der Waals surface area contributed by atoms with Crippen molar-refractivity contribution in [2.24, 2.45) is 5.92 Å². The highest BCUT2D eigenvalue weighted by Crippen LogP contribution is 2.26. The molecule has 2 heterocycles. The van der Waals surface area contributed by atoms with E-state index in [2.05, 4.69) is 15.3 Å². The van der Waals surface area contributed by atoms with Gasteiger partial charge < -0.3 is 15.0 Å². The normalized spacial score (nSPS) is 16.8. The Labute approximate surface area is 146 Å². The Kier molecular flexibility index (Phi) is 4.92. The van der Waals surface area contributed by atoms with Crippen LogP contribution in [-0.2, 0) is 16.1 Å². The lowest BCUT2D eigenvalue weighted by Gasteiger charge is -2.17. The zero-order valence-corrected chi connectivity index (χ0v) is 14.2. The topological polar surface area (TPSA) is 84.4 Å². The molecular formula is C18H20N4O3. The number of aryl methyl sites for hydroxylation is 1. The molecule has 7 heteroatoms. The van der Waals surface area contributed by atoms with Gasteiger partial charge in [0.1, 0.15) is 11.6 Å². The highest BCUT2D eigenvalue weighted by Gasteiger charge is 2.35. The van der Waals surface area contributed by atoms with Gasteiger partial charge in [0.15, 0.2) is 0 Å². The first-order valence-electron chi connectivity index (χ1n) is 8.07. The second kappa shape index (κ2) is 7.29. The SMILES string of the molecule is COc1ccc(N2C[C@H](C(=O)NCc3ccnc(C)n3)CC2=O)cc1. The van der Waals surface area contributed by atoms with Crippen LogP contribution in [0.4, 0.5) is 5.69 Å². The van der Waals surface area contributed by atoms with Crippen molar-refractivity contribution in [1.29, 1.82) is 0 Å². The molecule has 1 fully saturated rings. The average molecular weight is 340 g/mol. The number of aromatic nitrogens is 2. The number of nitrogens with zero attached hydrogens (tertiary/aromatic N) is 3. The number of hydrogen-bond donors (Lipinski definition) is 1. The lowest BCUT2D eigenvalue weighted by molar-refractivity contribution is -0.126. The number of rotatable bonds is 5. The number of nitrogens with one attached hydrogen (secondary N) is 1. The summed E-state index contributed by atoms with van der Waals surface area (Å²) in [6, 6.07) is 9.00. The van der Waals surface area contributed by atoms with Crippen LogP contribution in [0.2, 0.25) is 0 Å². The molecule has 0 bridgehead atoms. The smallest absolute Gasteiger partial charge is 0.227 e. The molecule has 3 rings (SSSR count). The molecule has 25 heavy (non-hydrogen) atoms. The van der Waals surface area contributed by atoms with Crippen molar-refractivity contribution in [3.05, 3.63) is 48.0 Å². The van der Waals surface area contributed by atoms with Gasteiger partial charge in [-0.2, -0.15) is 0 Å². The zero-order chi connectivity index (χ0) is 17.8. The van der Waals surface area contributed by atoms with Crippen molar-refractivity contribution in [2.75, 3.05) is 18.6 Å². The fourth-order valence-electron chi connectivity index (χ4n) is 2.82. The van der Waals surface area contributed by atoms with E-state index in [1.165, 1.54) is 0 Å². The molecule has 2 aromatic rings. The largest absolute Gasteiger partial charge is 0.497 e. The number of methoxy groups -OCH3 is 1. The number of hydrogen-bond acceptors (Lipinski definition) is 5. The Morgan fingerprint density at radius 2 is 2.08 bits per heavy atom. The van der Waals surface area contributed by atoms with Crippen molar-refractivity contribution >= 4 is 17.5 Å². The molecule has 0 saturated carbocycles. The van der Waals surface area contributed by atoms with Crippen LogP contribution >= 0.6 is 0 Å². The molecule has 2 amide bonds. The predicted octanol–water partition coefficient (Wildman–Crippen LogP) is 1.46. The number of carbonyl (C=O) groups excluding carboxylic acids is 2. The zero-order valence-electron chi connectivity index (χ0n) is 14.2. The summed E-state index contributed by atoms with van der Waals surface area (Å²) in [7, 11) is 1.59. The van der Waals surface area contributed by atoms with E-state index in [0.717, 1.165) is 17.1 Å². The Bertz CT molecular complexity index is 776. The molecule has 1 aliphatic rings. The maximum atomic E-state index is 12.4. The lowest BCUT2D eigenvalue weighted by Crippen LogP contribution is -2.32. The number of ether oxygens (including phenoxy) is 1. The van der Waals surface area contributed by atoms with Crippen molar-refractivity contribution in [3.8, 4) is 5.75 Å². The average Bonchev–Trinajstić information content (AvgIpc) is 3.02. The molecule has 1 atom stereocenters. The van der Waals surface area contributed by atoms with E-state index in [-0.39, 0.29) is 24.2 Å². The highest BCUT2D eigenvalue weighted by atomic mass is 16.5. The summed E-state index contributed by atoms with van der Waals surface area (Å²) in [6.45, 7) is 2.50. The van der Waals surface area contributed by atoms with Crippen LogP contribution in [0.1, 0.15) is 17.9 Å². The van der Waals surface area contributed by atoms with Gasteiger partial charge in [-0.1, -0.05) is 0 Å². The van der Waals surface area contributed by atoms with Crippen LogP contribution in [0, 0.1) is 12.8 Å². The van der Waals surface area contributed by atoms with Gasteiger partial charge in [0, 0.05) is 24.8 Å². The number of anilines is 1. The van der Waals surface area contributed by atoms with Crippen LogP contribution in [0.5, 0.6) is 5.75 Å². The molecule has 0 spiro atoms. The highest BCUT2D eigenvalue weighted by molar-refractivity contribution is 6.00. The third kappa shape index (κ3) is 3.93. The lowest BCUT2D eigenvalue weighted by atomic mass is 10.1. The van der Waals surface area contributed by atoms with Crippen LogP contribution in [-0.4, -0.2) is 35.4 Å². The molecule has 1 aliphatic heterocycles. The van der Waals surface area contributed by atoms with Crippen LogP contribution in [0.25, 0.3) is 0 Å². The summed E-state index contributed by atoms with van der Waals surface area (Å²) in [6.07, 6.45) is 1.87. The van der Waals surface area contributed by atoms with Gasteiger partial charge in [-0.05, 0) is 37.3 Å². The first kappa shape index (κ1) is 16.9. The van der Waals surface area contributed by atoms with Crippen LogP contribution in [0.3, 0.4) is 0 Å².